The van der Waals surface area contributed by atoms with Gasteiger partial charge in [-0.25, -0.2) is 4.98 Å². The summed E-state index contributed by atoms with van der Waals surface area (Å²) >= 11 is 1.34. The predicted octanol–water partition coefficient (Wildman–Crippen LogP) is 3.36. The Bertz CT molecular complexity index is 574. The molecule has 0 spiro atoms. The quantitative estimate of drug-likeness (QED) is 0.654. The number of rotatable bonds is 5. The molecule has 24 heavy (non-hydrogen) atoms. The molecule has 0 atom stereocenters. The van der Waals surface area contributed by atoms with Gasteiger partial charge in [-0.15, -0.1) is 0 Å². The highest BCUT2D eigenvalue weighted by molar-refractivity contribution is 7.99. The van der Waals surface area contributed by atoms with Gasteiger partial charge in [-0.2, -0.15) is 0 Å². The number of carbonyl (C=O) groups excluding carboxylic acids is 1. The largest absolute Gasteiger partial charge is 0.336 e. The van der Waals surface area contributed by atoms with Crippen LogP contribution in [0.4, 0.5) is 0 Å². The van der Waals surface area contributed by atoms with Gasteiger partial charge in [0.25, 0.3) is 5.56 Å². The summed E-state index contributed by atoms with van der Waals surface area (Å²) in [6, 6.07) is 2.22. The Hall–Kier alpha value is -1.30. The Labute approximate surface area is 147 Å². The van der Waals surface area contributed by atoms with E-state index in [-0.39, 0.29) is 11.5 Å². The molecule has 2 aliphatic rings. The molecule has 0 bridgehead atoms. The maximum Gasteiger partial charge on any atom is 0.251 e. The number of amides is 1. The highest BCUT2D eigenvalue weighted by Crippen LogP contribution is 2.31. The minimum Gasteiger partial charge on any atom is -0.336 e. The van der Waals surface area contributed by atoms with Crippen molar-refractivity contribution < 1.29 is 4.79 Å². The minimum atomic E-state index is -0.170. The van der Waals surface area contributed by atoms with Crippen molar-refractivity contribution in [2.24, 2.45) is 0 Å². The molecule has 2 fully saturated rings. The minimum absolute atomic E-state index is 0.170. The summed E-state index contributed by atoms with van der Waals surface area (Å²) in [5.41, 5.74) is -0.170. The van der Waals surface area contributed by atoms with Crippen molar-refractivity contribution in [1.29, 1.82) is 0 Å². The first-order valence-electron chi connectivity index (χ1n) is 9.23. The van der Waals surface area contributed by atoms with Gasteiger partial charge < -0.3 is 9.88 Å². The second kappa shape index (κ2) is 8.70. The zero-order chi connectivity index (χ0) is 16.8. The third kappa shape index (κ3) is 4.62. The van der Waals surface area contributed by atoms with Crippen molar-refractivity contribution >= 4 is 17.7 Å². The maximum absolute atomic E-state index is 13.0. The molecule has 1 aromatic rings. The maximum atomic E-state index is 13.0. The normalized spacial score (nSPS) is 20.0. The van der Waals surface area contributed by atoms with E-state index in [1.54, 1.807) is 0 Å². The molecular weight excluding hydrogens is 322 g/mol. The topological polar surface area (TPSA) is 66.1 Å². The number of nitrogens with zero attached hydrogens (tertiary/aromatic N) is 2. The molecule has 1 aromatic heterocycles. The molecule has 5 nitrogen and oxygen atoms in total. The van der Waals surface area contributed by atoms with Crippen LogP contribution in [-0.4, -0.2) is 38.6 Å². The van der Waals surface area contributed by atoms with Gasteiger partial charge in [-0.3, -0.25) is 9.59 Å². The SMILES string of the molecule is O=C(CSc1nccc(=O)[nH]1)N(C1CCCCC1)C1CCCCC1. The number of nitrogens with one attached hydrogen (secondary N) is 1. The number of carbonyl (C=O) groups is 1. The molecule has 132 valence electrons. The first-order valence-corrected chi connectivity index (χ1v) is 10.2. The Morgan fingerprint density at radius 2 is 1.67 bits per heavy atom. The average molecular weight is 350 g/mol. The van der Waals surface area contributed by atoms with Gasteiger partial charge in [0.05, 0.1) is 5.75 Å². The Kier molecular flexibility index (Phi) is 6.35. The monoisotopic (exact) mass is 349 g/mol. The van der Waals surface area contributed by atoms with E-state index >= 15 is 0 Å². The van der Waals surface area contributed by atoms with Crippen molar-refractivity contribution in [2.75, 3.05) is 5.75 Å². The zero-order valence-corrected chi connectivity index (χ0v) is 15.0. The summed E-state index contributed by atoms with van der Waals surface area (Å²) in [7, 11) is 0. The van der Waals surface area contributed by atoms with E-state index in [4.69, 9.17) is 0 Å². The fourth-order valence-corrected chi connectivity index (χ4v) is 4.77. The molecule has 2 saturated carbocycles. The van der Waals surface area contributed by atoms with Gasteiger partial charge in [-0.1, -0.05) is 50.3 Å². The third-order valence-electron chi connectivity index (χ3n) is 5.20. The van der Waals surface area contributed by atoms with Crippen LogP contribution >= 0.6 is 11.8 Å². The van der Waals surface area contributed by atoms with E-state index < -0.39 is 0 Å². The van der Waals surface area contributed by atoms with Crippen LogP contribution < -0.4 is 5.56 Å². The van der Waals surface area contributed by atoms with Crippen LogP contribution in [0, 0.1) is 0 Å². The number of aromatic amines is 1. The molecule has 1 amide bonds. The summed E-state index contributed by atoms with van der Waals surface area (Å²) in [5, 5.41) is 0.531. The number of hydrogen-bond acceptors (Lipinski definition) is 4. The molecule has 1 heterocycles. The van der Waals surface area contributed by atoms with Gasteiger partial charge in [0.15, 0.2) is 5.16 Å². The average Bonchev–Trinajstić information content (AvgIpc) is 2.62. The lowest BCUT2D eigenvalue weighted by Crippen LogP contribution is -2.49. The Morgan fingerprint density at radius 1 is 1.08 bits per heavy atom. The van der Waals surface area contributed by atoms with E-state index in [0.29, 0.717) is 23.0 Å². The lowest BCUT2D eigenvalue weighted by molar-refractivity contribution is -0.135. The lowest BCUT2D eigenvalue weighted by Gasteiger charge is -2.41. The van der Waals surface area contributed by atoms with Crippen LogP contribution in [0.2, 0.25) is 0 Å². The van der Waals surface area contributed by atoms with Gasteiger partial charge in [0.2, 0.25) is 5.91 Å². The van der Waals surface area contributed by atoms with Crippen LogP contribution in [0.1, 0.15) is 64.2 Å². The molecule has 0 unspecified atom stereocenters. The van der Waals surface area contributed by atoms with Crippen molar-refractivity contribution in [3.8, 4) is 0 Å². The highest BCUT2D eigenvalue weighted by atomic mass is 32.2. The van der Waals surface area contributed by atoms with Crippen LogP contribution in [0.3, 0.4) is 0 Å². The summed E-state index contributed by atoms with van der Waals surface area (Å²) in [4.78, 5) is 33.4. The van der Waals surface area contributed by atoms with Crippen molar-refractivity contribution in [3.05, 3.63) is 22.6 Å². The second-order valence-electron chi connectivity index (χ2n) is 6.91. The van der Waals surface area contributed by atoms with Crippen LogP contribution in [0.15, 0.2) is 22.2 Å². The van der Waals surface area contributed by atoms with Gasteiger partial charge >= 0.3 is 0 Å². The molecule has 0 saturated heterocycles. The highest BCUT2D eigenvalue weighted by Gasteiger charge is 2.32. The number of aromatic nitrogens is 2. The van der Waals surface area contributed by atoms with E-state index in [1.165, 1.54) is 62.6 Å². The van der Waals surface area contributed by atoms with E-state index in [9.17, 15) is 9.59 Å². The summed E-state index contributed by atoms with van der Waals surface area (Å²) < 4.78 is 0. The second-order valence-corrected chi connectivity index (χ2v) is 7.88. The molecular formula is C18H27N3O2S. The molecule has 0 aliphatic heterocycles. The molecule has 3 rings (SSSR count). The first kappa shape index (κ1) is 17.5. The third-order valence-corrected chi connectivity index (χ3v) is 6.08. The number of hydrogen-bond donors (Lipinski definition) is 1. The van der Waals surface area contributed by atoms with Crippen LogP contribution in [0.5, 0.6) is 0 Å². The van der Waals surface area contributed by atoms with Crippen molar-refractivity contribution in [2.45, 2.75) is 81.4 Å². The van der Waals surface area contributed by atoms with Gasteiger partial charge in [0, 0.05) is 24.3 Å². The smallest absolute Gasteiger partial charge is 0.251 e. The van der Waals surface area contributed by atoms with Gasteiger partial charge in [-0.05, 0) is 25.7 Å². The molecule has 0 radical (unpaired) electrons. The fraction of sp³-hybridized carbons (Fsp3) is 0.722. The standard InChI is InChI=1S/C18H27N3O2S/c22-16-11-12-19-18(20-16)24-13-17(23)21(14-7-3-1-4-8-14)15-9-5-2-6-10-15/h11-12,14-15H,1-10,13H2,(H,19,20,22). The molecule has 6 heteroatoms. The van der Waals surface area contributed by atoms with E-state index in [0.717, 1.165) is 25.7 Å². The summed E-state index contributed by atoms with van der Waals surface area (Å²) in [6.45, 7) is 0. The van der Waals surface area contributed by atoms with Crippen LogP contribution in [0.25, 0.3) is 0 Å². The predicted molar refractivity (Wildman–Crippen MR) is 96.2 cm³/mol. The van der Waals surface area contributed by atoms with Crippen molar-refractivity contribution in [1.82, 2.24) is 14.9 Å². The van der Waals surface area contributed by atoms with Gasteiger partial charge in [0.1, 0.15) is 0 Å². The Morgan fingerprint density at radius 3 is 2.21 bits per heavy atom. The number of thioether (sulfide) groups is 1. The summed E-state index contributed by atoms with van der Waals surface area (Å²) in [5.74, 6) is 0.574. The van der Waals surface area contributed by atoms with E-state index in [2.05, 4.69) is 14.9 Å². The first-order chi connectivity index (χ1) is 11.7. The fourth-order valence-electron chi connectivity index (χ4n) is 4.05. The molecule has 1 N–H and O–H groups in total. The molecule has 2 aliphatic carbocycles. The van der Waals surface area contributed by atoms with Crippen molar-refractivity contribution in [3.63, 3.8) is 0 Å². The zero-order valence-electron chi connectivity index (χ0n) is 14.2. The number of H-pyrrole nitrogens is 1. The van der Waals surface area contributed by atoms with Crippen LogP contribution in [-0.2, 0) is 4.79 Å². The summed E-state index contributed by atoms with van der Waals surface area (Å²) in [6.07, 6.45) is 13.6. The van der Waals surface area contributed by atoms with E-state index in [1.807, 2.05) is 0 Å². The lowest BCUT2D eigenvalue weighted by atomic mass is 9.88. The molecule has 0 aromatic carbocycles. The Balaban J connectivity index is 1.66.